The molecule has 1 unspecified atom stereocenters. The minimum atomic E-state index is -0.527. The lowest BCUT2D eigenvalue weighted by Crippen LogP contribution is -2.47. The number of hydrogen-bond donors (Lipinski definition) is 0. The number of fused-ring (bicyclic) bond motifs is 2. The molecule has 0 spiro atoms. The molecule has 3 nitrogen and oxygen atoms in total. The van der Waals surface area contributed by atoms with Crippen LogP contribution in [0.4, 0.5) is 4.79 Å². The first-order valence-electron chi connectivity index (χ1n) is 10.9. The van der Waals surface area contributed by atoms with E-state index in [1.165, 1.54) is 21.9 Å². The minimum absolute atomic E-state index is 0.0822. The highest BCUT2D eigenvalue weighted by molar-refractivity contribution is 5.86. The van der Waals surface area contributed by atoms with Gasteiger partial charge in [0, 0.05) is 6.04 Å². The van der Waals surface area contributed by atoms with Crippen molar-refractivity contribution < 1.29 is 9.53 Å². The lowest BCUT2D eigenvalue weighted by Gasteiger charge is -2.40. The fourth-order valence-electron chi connectivity index (χ4n) is 4.62. The van der Waals surface area contributed by atoms with Crippen LogP contribution in [0.5, 0.6) is 0 Å². The van der Waals surface area contributed by atoms with E-state index in [9.17, 15) is 4.79 Å². The second kappa shape index (κ2) is 8.14. The number of benzene rings is 3. The number of carbonyl (C=O) groups excluding carboxylic acids is 1. The summed E-state index contributed by atoms with van der Waals surface area (Å²) in [6.45, 7) is 7.93. The Balaban J connectivity index is 1.73. The predicted octanol–water partition coefficient (Wildman–Crippen LogP) is 6.70. The van der Waals surface area contributed by atoms with E-state index in [1.807, 2.05) is 25.7 Å². The highest BCUT2D eigenvalue weighted by Gasteiger charge is 2.35. The van der Waals surface area contributed by atoms with Gasteiger partial charge < -0.3 is 4.74 Å². The van der Waals surface area contributed by atoms with Crippen LogP contribution < -0.4 is 0 Å². The molecule has 0 saturated heterocycles. The van der Waals surface area contributed by atoms with Crippen LogP contribution in [-0.2, 0) is 17.6 Å². The van der Waals surface area contributed by atoms with E-state index < -0.39 is 5.60 Å². The van der Waals surface area contributed by atoms with Gasteiger partial charge in [-0.25, -0.2) is 4.79 Å². The molecule has 1 aliphatic rings. The number of carbonyl (C=O) groups is 1. The summed E-state index contributed by atoms with van der Waals surface area (Å²) in [6, 6.07) is 23.4. The molecule has 0 aliphatic heterocycles. The summed E-state index contributed by atoms with van der Waals surface area (Å²) in [5, 5.41) is 2.39. The minimum Gasteiger partial charge on any atom is -0.444 e. The van der Waals surface area contributed by atoms with Gasteiger partial charge in [0.05, 0.1) is 6.04 Å². The van der Waals surface area contributed by atoms with Gasteiger partial charge in [0.2, 0.25) is 0 Å². The molecule has 0 bridgehead atoms. The molecular weight excluding hydrogens is 370 g/mol. The van der Waals surface area contributed by atoms with Crippen molar-refractivity contribution in [3.05, 3.63) is 83.4 Å². The Morgan fingerprint density at radius 2 is 1.63 bits per heavy atom. The zero-order valence-electron chi connectivity index (χ0n) is 18.4. The standard InChI is InChI=1S/C27H31NO2/c1-19(24-15-9-13-21-11-7-8-14-25(21)24)28(26(29)30-27(2,3)4)23-17-16-20-10-5-6-12-22(20)18-23/h5-15,19,23H,16-18H2,1-4H3/t19-,23?/m1/s1. The second-order valence-corrected chi connectivity index (χ2v) is 9.30. The Morgan fingerprint density at radius 3 is 2.40 bits per heavy atom. The Bertz CT molecular complexity index is 1040. The third kappa shape index (κ3) is 4.21. The molecule has 0 fully saturated rings. The van der Waals surface area contributed by atoms with E-state index in [4.69, 9.17) is 4.74 Å². The summed E-state index contributed by atoms with van der Waals surface area (Å²) in [7, 11) is 0. The van der Waals surface area contributed by atoms with Crippen LogP contribution in [0, 0.1) is 0 Å². The number of nitrogens with zero attached hydrogens (tertiary/aromatic N) is 1. The Labute approximate surface area is 179 Å². The predicted molar refractivity (Wildman–Crippen MR) is 123 cm³/mol. The van der Waals surface area contributed by atoms with Gasteiger partial charge in [0.25, 0.3) is 0 Å². The molecule has 0 heterocycles. The van der Waals surface area contributed by atoms with Crippen LogP contribution >= 0.6 is 0 Å². The molecule has 3 heteroatoms. The van der Waals surface area contributed by atoms with Gasteiger partial charge in [0.1, 0.15) is 5.60 Å². The van der Waals surface area contributed by atoms with Gasteiger partial charge >= 0.3 is 6.09 Å². The Morgan fingerprint density at radius 1 is 0.967 bits per heavy atom. The van der Waals surface area contributed by atoms with Gasteiger partial charge in [0.15, 0.2) is 0 Å². The molecule has 2 atom stereocenters. The van der Waals surface area contributed by atoms with Crippen LogP contribution in [0.2, 0.25) is 0 Å². The lowest BCUT2D eigenvalue weighted by atomic mass is 9.86. The highest BCUT2D eigenvalue weighted by atomic mass is 16.6. The molecule has 3 aromatic carbocycles. The number of amides is 1. The third-order valence-electron chi connectivity index (χ3n) is 6.01. The van der Waals surface area contributed by atoms with Gasteiger partial charge in [-0.3, -0.25) is 4.90 Å². The van der Waals surface area contributed by atoms with Crippen molar-refractivity contribution in [2.45, 2.75) is 64.6 Å². The largest absolute Gasteiger partial charge is 0.444 e. The van der Waals surface area contributed by atoms with Crippen molar-refractivity contribution >= 4 is 16.9 Å². The smallest absolute Gasteiger partial charge is 0.411 e. The molecule has 0 radical (unpaired) electrons. The number of aryl methyl sites for hydroxylation is 1. The third-order valence-corrected chi connectivity index (χ3v) is 6.01. The van der Waals surface area contributed by atoms with Gasteiger partial charge in [-0.1, -0.05) is 66.7 Å². The monoisotopic (exact) mass is 401 g/mol. The van der Waals surface area contributed by atoms with Crippen molar-refractivity contribution in [1.29, 1.82) is 0 Å². The molecule has 3 aromatic rings. The average Bonchev–Trinajstić information content (AvgIpc) is 2.72. The normalized spacial score (nSPS) is 17.3. The molecule has 0 aromatic heterocycles. The number of ether oxygens (including phenoxy) is 1. The molecule has 1 amide bonds. The van der Waals surface area contributed by atoms with Gasteiger partial charge in [-0.15, -0.1) is 0 Å². The molecule has 4 rings (SSSR count). The highest BCUT2D eigenvalue weighted by Crippen LogP contribution is 2.34. The summed E-state index contributed by atoms with van der Waals surface area (Å²) < 4.78 is 5.88. The van der Waals surface area contributed by atoms with E-state index in [0.29, 0.717) is 0 Å². The maximum absolute atomic E-state index is 13.4. The first kappa shape index (κ1) is 20.5. The average molecular weight is 402 g/mol. The summed E-state index contributed by atoms with van der Waals surface area (Å²) in [4.78, 5) is 15.4. The van der Waals surface area contributed by atoms with Crippen molar-refractivity contribution in [2.75, 3.05) is 0 Å². The maximum atomic E-state index is 13.4. The van der Waals surface area contributed by atoms with E-state index in [-0.39, 0.29) is 18.2 Å². The van der Waals surface area contributed by atoms with Crippen molar-refractivity contribution in [3.8, 4) is 0 Å². The van der Waals surface area contributed by atoms with Crippen molar-refractivity contribution in [3.63, 3.8) is 0 Å². The summed E-state index contributed by atoms with van der Waals surface area (Å²) in [6.07, 6.45) is 2.57. The van der Waals surface area contributed by atoms with E-state index >= 15 is 0 Å². The molecule has 0 saturated carbocycles. The van der Waals surface area contributed by atoms with Crippen molar-refractivity contribution in [1.82, 2.24) is 4.90 Å². The maximum Gasteiger partial charge on any atom is 0.411 e. The zero-order chi connectivity index (χ0) is 21.3. The van der Waals surface area contributed by atoms with Crippen LogP contribution in [0.15, 0.2) is 66.7 Å². The SMILES string of the molecule is C[C@H](c1cccc2ccccc12)N(C(=O)OC(C)(C)C)C1CCc2ccccc2C1. The fraction of sp³-hybridized carbons (Fsp3) is 0.370. The molecule has 0 N–H and O–H groups in total. The second-order valence-electron chi connectivity index (χ2n) is 9.30. The summed E-state index contributed by atoms with van der Waals surface area (Å²) in [5.74, 6) is 0. The summed E-state index contributed by atoms with van der Waals surface area (Å²) in [5.41, 5.74) is 3.38. The Kier molecular flexibility index (Phi) is 5.55. The van der Waals surface area contributed by atoms with Crippen LogP contribution in [0.3, 0.4) is 0 Å². The van der Waals surface area contributed by atoms with Crippen molar-refractivity contribution in [2.24, 2.45) is 0 Å². The van der Waals surface area contributed by atoms with Crippen LogP contribution in [0.1, 0.15) is 56.8 Å². The number of rotatable bonds is 3. The zero-order valence-corrected chi connectivity index (χ0v) is 18.4. The quantitative estimate of drug-likeness (QED) is 0.489. The topological polar surface area (TPSA) is 29.5 Å². The van der Waals surface area contributed by atoms with E-state index in [1.54, 1.807) is 0 Å². The molecular formula is C27H31NO2. The van der Waals surface area contributed by atoms with E-state index in [2.05, 4.69) is 73.7 Å². The van der Waals surface area contributed by atoms with Crippen LogP contribution in [-0.4, -0.2) is 22.6 Å². The van der Waals surface area contributed by atoms with Crippen LogP contribution in [0.25, 0.3) is 10.8 Å². The van der Waals surface area contributed by atoms with Gasteiger partial charge in [-0.2, -0.15) is 0 Å². The first-order chi connectivity index (χ1) is 14.3. The summed E-state index contributed by atoms with van der Waals surface area (Å²) >= 11 is 0. The molecule has 156 valence electrons. The Hall–Kier alpha value is -2.81. The fourth-order valence-corrected chi connectivity index (χ4v) is 4.62. The molecule has 1 aliphatic carbocycles. The number of hydrogen-bond acceptors (Lipinski definition) is 2. The molecule has 30 heavy (non-hydrogen) atoms. The van der Waals surface area contributed by atoms with E-state index in [0.717, 1.165) is 24.8 Å². The first-order valence-corrected chi connectivity index (χ1v) is 10.9. The van der Waals surface area contributed by atoms with Gasteiger partial charge in [-0.05, 0) is 74.4 Å². The lowest BCUT2D eigenvalue weighted by molar-refractivity contribution is 0.00476.